The number of unbranched alkanes of at least 4 members (excludes halogenated alkanes) is 2. The molecule has 0 bridgehead atoms. The van der Waals surface area contributed by atoms with E-state index in [1.54, 1.807) is 0 Å². The zero-order valence-corrected chi connectivity index (χ0v) is 10.2. The Balaban J connectivity index is 2.29. The molecule has 0 aromatic heterocycles. The van der Waals surface area contributed by atoms with E-state index in [1.165, 1.54) is 25.7 Å². The maximum Gasteiger partial charge on any atom is 0.0674 e. The summed E-state index contributed by atoms with van der Waals surface area (Å²) in [6.07, 6.45) is 5.55. The van der Waals surface area contributed by atoms with Crippen molar-refractivity contribution in [3.63, 3.8) is 0 Å². The first kappa shape index (κ1) is 12.9. The molecule has 1 rings (SSSR count). The van der Waals surface area contributed by atoms with Crippen LogP contribution in [0.4, 0.5) is 0 Å². The lowest BCUT2D eigenvalue weighted by molar-refractivity contribution is -0.0341. The largest absolute Gasteiger partial charge is 0.376 e. The van der Waals surface area contributed by atoms with Crippen LogP contribution in [0.25, 0.3) is 0 Å². The molecule has 1 fully saturated rings. The molecule has 0 aliphatic carbocycles. The molecule has 2 N–H and O–H groups in total. The number of nitrogens with zero attached hydrogens (tertiary/aromatic N) is 1. The number of ether oxygens (including phenoxy) is 1. The first-order valence-corrected chi connectivity index (χ1v) is 6.33. The fraction of sp³-hybridized carbons (Fsp3) is 1.00. The molecule has 15 heavy (non-hydrogen) atoms. The maximum absolute atomic E-state index is 5.85. The minimum Gasteiger partial charge on any atom is -0.376 e. The number of rotatable bonds is 6. The summed E-state index contributed by atoms with van der Waals surface area (Å²) in [6, 6.07) is 0.572. The van der Waals surface area contributed by atoms with Crippen molar-refractivity contribution < 1.29 is 4.74 Å². The van der Waals surface area contributed by atoms with Gasteiger partial charge >= 0.3 is 0 Å². The molecule has 0 aromatic rings. The van der Waals surface area contributed by atoms with E-state index in [0.717, 1.165) is 26.2 Å². The van der Waals surface area contributed by atoms with E-state index in [0.29, 0.717) is 12.1 Å². The molecule has 1 aliphatic rings. The lowest BCUT2D eigenvalue weighted by atomic mass is 10.1. The fourth-order valence-corrected chi connectivity index (χ4v) is 2.26. The first-order valence-electron chi connectivity index (χ1n) is 6.33. The summed E-state index contributed by atoms with van der Waals surface area (Å²) >= 11 is 0. The minimum atomic E-state index is 0.374. The van der Waals surface area contributed by atoms with Crippen LogP contribution in [0.5, 0.6) is 0 Å². The van der Waals surface area contributed by atoms with Crippen LogP contribution in [0.2, 0.25) is 0 Å². The summed E-state index contributed by atoms with van der Waals surface area (Å²) in [7, 11) is 0. The molecule has 1 heterocycles. The summed E-state index contributed by atoms with van der Waals surface area (Å²) in [6.45, 7) is 8.15. The molecule has 0 saturated carbocycles. The van der Waals surface area contributed by atoms with Crippen molar-refractivity contribution >= 4 is 0 Å². The van der Waals surface area contributed by atoms with Crippen LogP contribution in [0.15, 0.2) is 0 Å². The standard InChI is InChI=1S/C12H26N2O/c1-3-4-5-6-12(9-13)14-7-8-15-11(2)10-14/h11-12H,3-10,13H2,1-2H3. The molecule has 3 heteroatoms. The molecule has 0 amide bonds. The highest BCUT2D eigenvalue weighted by Crippen LogP contribution is 2.13. The quantitative estimate of drug-likeness (QED) is 0.683. The van der Waals surface area contributed by atoms with Crippen LogP contribution in [0, 0.1) is 0 Å². The van der Waals surface area contributed by atoms with Gasteiger partial charge in [0.2, 0.25) is 0 Å². The van der Waals surface area contributed by atoms with Gasteiger partial charge in [0.15, 0.2) is 0 Å². The molecule has 0 radical (unpaired) electrons. The van der Waals surface area contributed by atoms with Gasteiger partial charge in [-0.05, 0) is 13.3 Å². The second kappa shape index (κ2) is 7.20. The van der Waals surface area contributed by atoms with Crippen LogP contribution in [-0.4, -0.2) is 43.3 Å². The molecule has 90 valence electrons. The predicted octanol–water partition coefficient (Wildman–Crippen LogP) is 1.61. The van der Waals surface area contributed by atoms with E-state index >= 15 is 0 Å². The Bertz CT molecular complexity index is 164. The average Bonchev–Trinajstić information content (AvgIpc) is 2.24. The molecule has 0 aromatic carbocycles. The van der Waals surface area contributed by atoms with Crippen LogP contribution in [0.3, 0.4) is 0 Å². The summed E-state index contributed by atoms with van der Waals surface area (Å²) in [5.41, 5.74) is 5.85. The second-order valence-corrected chi connectivity index (χ2v) is 4.56. The van der Waals surface area contributed by atoms with E-state index < -0.39 is 0 Å². The van der Waals surface area contributed by atoms with E-state index in [9.17, 15) is 0 Å². The highest BCUT2D eigenvalue weighted by Gasteiger charge is 2.22. The Labute approximate surface area is 94.0 Å². The Morgan fingerprint density at radius 2 is 2.27 bits per heavy atom. The van der Waals surface area contributed by atoms with Gasteiger partial charge in [0, 0.05) is 25.7 Å². The van der Waals surface area contributed by atoms with E-state index in [2.05, 4.69) is 18.7 Å². The van der Waals surface area contributed by atoms with Crippen molar-refractivity contribution in [2.45, 2.75) is 51.7 Å². The molecule has 2 unspecified atom stereocenters. The third kappa shape index (κ3) is 4.49. The Morgan fingerprint density at radius 3 is 2.87 bits per heavy atom. The average molecular weight is 214 g/mol. The van der Waals surface area contributed by atoms with Gasteiger partial charge in [-0.15, -0.1) is 0 Å². The van der Waals surface area contributed by atoms with Crippen molar-refractivity contribution in [3.05, 3.63) is 0 Å². The smallest absolute Gasteiger partial charge is 0.0674 e. The van der Waals surface area contributed by atoms with Gasteiger partial charge in [0.25, 0.3) is 0 Å². The molecular weight excluding hydrogens is 188 g/mol. The van der Waals surface area contributed by atoms with Crippen LogP contribution in [-0.2, 0) is 4.74 Å². The zero-order chi connectivity index (χ0) is 11.1. The van der Waals surface area contributed by atoms with Gasteiger partial charge in [0.1, 0.15) is 0 Å². The monoisotopic (exact) mass is 214 g/mol. The number of morpholine rings is 1. The summed E-state index contributed by atoms with van der Waals surface area (Å²) in [5.74, 6) is 0. The van der Waals surface area contributed by atoms with Gasteiger partial charge < -0.3 is 10.5 Å². The van der Waals surface area contributed by atoms with E-state index in [4.69, 9.17) is 10.5 Å². The number of nitrogens with two attached hydrogens (primary N) is 1. The van der Waals surface area contributed by atoms with Crippen molar-refractivity contribution in [3.8, 4) is 0 Å². The van der Waals surface area contributed by atoms with Crippen molar-refractivity contribution in [1.82, 2.24) is 4.90 Å². The highest BCUT2D eigenvalue weighted by atomic mass is 16.5. The predicted molar refractivity (Wildman–Crippen MR) is 64.0 cm³/mol. The molecular formula is C12H26N2O. The highest BCUT2D eigenvalue weighted by molar-refractivity contribution is 4.77. The van der Waals surface area contributed by atoms with Gasteiger partial charge in [-0.3, -0.25) is 4.90 Å². The lowest BCUT2D eigenvalue weighted by Gasteiger charge is -2.36. The third-order valence-corrected chi connectivity index (χ3v) is 3.20. The van der Waals surface area contributed by atoms with Gasteiger partial charge in [-0.2, -0.15) is 0 Å². The van der Waals surface area contributed by atoms with Crippen LogP contribution >= 0.6 is 0 Å². The normalized spacial score (nSPS) is 25.4. The van der Waals surface area contributed by atoms with Crippen molar-refractivity contribution in [1.29, 1.82) is 0 Å². The zero-order valence-electron chi connectivity index (χ0n) is 10.2. The second-order valence-electron chi connectivity index (χ2n) is 4.56. The summed E-state index contributed by atoms with van der Waals surface area (Å²) in [4.78, 5) is 2.50. The molecule has 3 nitrogen and oxygen atoms in total. The summed E-state index contributed by atoms with van der Waals surface area (Å²) in [5, 5.41) is 0. The Hall–Kier alpha value is -0.120. The number of hydrogen-bond donors (Lipinski definition) is 1. The molecule has 1 saturated heterocycles. The van der Waals surface area contributed by atoms with E-state index in [-0.39, 0.29) is 0 Å². The maximum atomic E-state index is 5.85. The molecule has 1 aliphatic heterocycles. The lowest BCUT2D eigenvalue weighted by Crippen LogP contribution is -2.49. The van der Waals surface area contributed by atoms with Crippen LogP contribution in [0.1, 0.15) is 39.5 Å². The van der Waals surface area contributed by atoms with Gasteiger partial charge in [-0.1, -0.05) is 26.2 Å². The van der Waals surface area contributed by atoms with Crippen molar-refractivity contribution in [2.24, 2.45) is 5.73 Å². The van der Waals surface area contributed by atoms with Crippen LogP contribution < -0.4 is 5.73 Å². The third-order valence-electron chi connectivity index (χ3n) is 3.20. The Kier molecular flexibility index (Phi) is 6.22. The Morgan fingerprint density at radius 1 is 1.47 bits per heavy atom. The summed E-state index contributed by atoms with van der Waals surface area (Å²) < 4.78 is 5.55. The minimum absolute atomic E-state index is 0.374. The SMILES string of the molecule is CCCCCC(CN)N1CCOC(C)C1. The molecule has 2 atom stereocenters. The van der Waals surface area contributed by atoms with E-state index in [1.807, 2.05) is 0 Å². The van der Waals surface area contributed by atoms with Gasteiger partial charge in [-0.25, -0.2) is 0 Å². The topological polar surface area (TPSA) is 38.5 Å². The van der Waals surface area contributed by atoms with Gasteiger partial charge in [0.05, 0.1) is 12.7 Å². The van der Waals surface area contributed by atoms with Crippen molar-refractivity contribution in [2.75, 3.05) is 26.2 Å². The first-order chi connectivity index (χ1) is 7.27. The number of hydrogen-bond acceptors (Lipinski definition) is 3. The fourth-order valence-electron chi connectivity index (χ4n) is 2.26. The molecule has 0 spiro atoms.